The highest BCUT2D eigenvalue weighted by Crippen LogP contribution is 2.13. The lowest BCUT2D eigenvalue weighted by Gasteiger charge is -2.18. The van der Waals surface area contributed by atoms with Gasteiger partial charge in [-0.05, 0) is 18.6 Å². The first-order valence-corrected chi connectivity index (χ1v) is 5.30. The first-order valence-electron chi connectivity index (χ1n) is 5.30. The van der Waals surface area contributed by atoms with Gasteiger partial charge >= 0.3 is 5.97 Å². The molecule has 1 aromatic rings. The largest absolute Gasteiger partial charge is 0.452 e. The molecule has 0 N–H and O–H groups in total. The summed E-state index contributed by atoms with van der Waals surface area (Å²) in [5.74, 6) is -0.292. The third kappa shape index (κ3) is 2.70. The SMILES string of the molecule is C[C@H](OCc1ccccc1)[C@H]1C=CC(=O)O1. The highest BCUT2D eigenvalue weighted by Gasteiger charge is 2.23. The van der Waals surface area contributed by atoms with E-state index >= 15 is 0 Å². The molecule has 1 aliphatic heterocycles. The first kappa shape index (κ1) is 10.9. The summed E-state index contributed by atoms with van der Waals surface area (Å²) in [5, 5.41) is 0. The smallest absolute Gasteiger partial charge is 0.331 e. The van der Waals surface area contributed by atoms with Crippen molar-refractivity contribution in [2.45, 2.75) is 25.7 Å². The van der Waals surface area contributed by atoms with Crippen LogP contribution in [-0.4, -0.2) is 18.2 Å². The molecule has 0 saturated carbocycles. The second-order valence-electron chi connectivity index (χ2n) is 3.76. The number of ether oxygens (including phenoxy) is 2. The van der Waals surface area contributed by atoms with Gasteiger partial charge in [0.2, 0.25) is 0 Å². The van der Waals surface area contributed by atoms with Crippen molar-refractivity contribution in [2.75, 3.05) is 0 Å². The van der Waals surface area contributed by atoms with Crippen LogP contribution in [0.15, 0.2) is 42.5 Å². The van der Waals surface area contributed by atoms with Crippen molar-refractivity contribution in [2.24, 2.45) is 0 Å². The van der Waals surface area contributed by atoms with Crippen LogP contribution in [0.5, 0.6) is 0 Å². The standard InChI is InChI=1S/C13H14O3/c1-10(12-7-8-13(14)16-12)15-9-11-5-3-2-4-6-11/h2-8,10,12H,9H2,1H3/t10-,12+/m0/s1. The Balaban J connectivity index is 1.82. The van der Waals surface area contributed by atoms with Gasteiger partial charge in [-0.25, -0.2) is 4.79 Å². The molecule has 84 valence electrons. The number of hydrogen-bond donors (Lipinski definition) is 0. The minimum Gasteiger partial charge on any atom is -0.452 e. The van der Waals surface area contributed by atoms with Gasteiger partial charge in [0.25, 0.3) is 0 Å². The molecule has 0 amide bonds. The maximum absolute atomic E-state index is 10.9. The number of carbonyl (C=O) groups is 1. The molecule has 2 rings (SSSR count). The van der Waals surface area contributed by atoms with E-state index in [9.17, 15) is 4.79 Å². The van der Waals surface area contributed by atoms with Crippen LogP contribution >= 0.6 is 0 Å². The lowest BCUT2D eigenvalue weighted by molar-refractivity contribution is -0.144. The van der Waals surface area contributed by atoms with Gasteiger partial charge in [0, 0.05) is 6.08 Å². The Hall–Kier alpha value is -1.61. The van der Waals surface area contributed by atoms with E-state index in [0.29, 0.717) is 6.61 Å². The number of esters is 1. The van der Waals surface area contributed by atoms with E-state index in [-0.39, 0.29) is 18.2 Å². The lowest BCUT2D eigenvalue weighted by Crippen LogP contribution is -2.25. The topological polar surface area (TPSA) is 35.5 Å². The van der Waals surface area contributed by atoms with Gasteiger partial charge in [-0.3, -0.25) is 0 Å². The molecule has 2 atom stereocenters. The van der Waals surface area contributed by atoms with Crippen molar-refractivity contribution >= 4 is 5.97 Å². The molecule has 0 unspecified atom stereocenters. The molecular formula is C13H14O3. The van der Waals surface area contributed by atoms with E-state index in [0.717, 1.165) is 5.56 Å². The van der Waals surface area contributed by atoms with Gasteiger partial charge in [-0.1, -0.05) is 30.3 Å². The van der Waals surface area contributed by atoms with Crippen molar-refractivity contribution in [1.29, 1.82) is 0 Å². The Bertz CT molecular complexity index is 383. The van der Waals surface area contributed by atoms with Crippen molar-refractivity contribution in [3.63, 3.8) is 0 Å². The van der Waals surface area contributed by atoms with Crippen molar-refractivity contribution in [1.82, 2.24) is 0 Å². The maximum atomic E-state index is 10.9. The Morgan fingerprint density at radius 3 is 2.75 bits per heavy atom. The second-order valence-corrected chi connectivity index (χ2v) is 3.76. The minimum atomic E-state index is -0.292. The zero-order valence-electron chi connectivity index (χ0n) is 9.13. The molecule has 1 heterocycles. The number of benzene rings is 1. The third-order valence-electron chi connectivity index (χ3n) is 2.49. The Kier molecular flexibility index (Phi) is 3.37. The average Bonchev–Trinajstić information content (AvgIpc) is 2.74. The normalized spacial score (nSPS) is 20.8. The highest BCUT2D eigenvalue weighted by molar-refractivity contribution is 5.84. The van der Waals surface area contributed by atoms with Crippen LogP contribution in [-0.2, 0) is 20.9 Å². The van der Waals surface area contributed by atoms with E-state index in [2.05, 4.69) is 0 Å². The number of hydrogen-bond acceptors (Lipinski definition) is 3. The van der Waals surface area contributed by atoms with E-state index in [4.69, 9.17) is 9.47 Å². The van der Waals surface area contributed by atoms with Gasteiger partial charge in [0.15, 0.2) is 0 Å². The van der Waals surface area contributed by atoms with E-state index < -0.39 is 0 Å². The molecule has 0 spiro atoms. The summed E-state index contributed by atoms with van der Waals surface area (Å²) in [5.41, 5.74) is 1.11. The maximum Gasteiger partial charge on any atom is 0.331 e. The fraction of sp³-hybridized carbons (Fsp3) is 0.308. The number of cyclic esters (lactones) is 1. The molecule has 0 bridgehead atoms. The molecule has 16 heavy (non-hydrogen) atoms. The average molecular weight is 218 g/mol. The zero-order chi connectivity index (χ0) is 11.4. The van der Waals surface area contributed by atoms with E-state index in [1.54, 1.807) is 6.08 Å². The predicted molar refractivity (Wildman–Crippen MR) is 59.7 cm³/mol. The lowest BCUT2D eigenvalue weighted by atomic mass is 10.2. The Morgan fingerprint density at radius 1 is 1.38 bits per heavy atom. The zero-order valence-corrected chi connectivity index (χ0v) is 9.13. The minimum absolute atomic E-state index is 0.122. The van der Waals surface area contributed by atoms with Gasteiger partial charge < -0.3 is 9.47 Å². The Morgan fingerprint density at radius 2 is 2.12 bits per heavy atom. The molecule has 0 saturated heterocycles. The predicted octanol–water partition coefficient (Wildman–Crippen LogP) is 2.07. The van der Waals surface area contributed by atoms with Crippen LogP contribution in [0.25, 0.3) is 0 Å². The van der Waals surface area contributed by atoms with Crippen LogP contribution in [0.4, 0.5) is 0 Å². The second kappa shape index (κ2) is 4.94. The monoisotopic (exact) mass is 218 g/mol. The van der Waals surface area contributed by atoms with Crippen molar-refractivity contribution in [3.8, 4) is 0 Å². The van der Waals surface area contributed by atoms with Gasteiger partial charge in [-0.15, -0.1) is 0 Å². The third-order valence-corrected chi connectivity index (χ3v) is 2.49. The van der Waals surface area contributed by atoms with Crippen molar-refractivity contribution in [3.05, 3.63) is 48.0 Å². The van der Waals surface area contributed by atoms with Crippen LogP contribution in [0.3, 0.4) is 0 Å². The molecule has 3 heteroatoms. The molecule has 0 aromatic heterocycles. The van der Waals surface area contributed by atoms with E-state index in [1.807, 2.05) is 37.3 Å². The molecule has 0 aliphatic carbocycles. The fourth-order valence-corrected chi connectivity index (χ4v) is 1.54. The van der Waals surface area contributed by atoms with Crippen LogP contribution in [0, 0.1) is 0 Å². The molecule has 1 aromatic carbocycles. The summed E-state index contributed by atoms with van der Waals surface area (Å²) in [7, 11) is 0. The summed E-state index contributed by atoms with van der Waals surface area (Å²) >= 11 is 0. The Labute approximate surface area is 94.7 Å². The first-order chi connectivity index (χ1) is 7.75. The summed E-state index contributed by atoms with van der Waals surface area (Å²) < 4.78 is 10.7. The highest BCUT2D eigenvalue weighted by atomic mass is 16.6. The molecular weight excluding hydrogens is 204 g/mol. The van der Waals surface area contributed by atoms with Crippen LogP contribution < -0.4 is 0 Å². The van der Waals surface area contributed by atoms with Crippen LogP contribution in [0.1, 0.15) is 12.5 Å². The van der Waals surface area contributed by atoms with E-state index in [1.165, 1.54) is 6.08 Å². The summed E-state index contributed by atoms with van der Waals surface area (Å²) in [6, 6.07) is 9.92. The van der Waals surface area contributed by atoms with Gasteiger partial charge in [-0.2, -0.15) is 0 Å². The molecule has 0 radical (unpaired) electrons. The number of carbonyl (C=O) groups excluding carboxylic acids is 1. The molecule has 1 aliphatic rings. The summed E-state index contributed by atoms with van der Waals surface area (Å²) in [6.45, 7) is 2.43. The van der Waals surface area contributed by atoms with Gasteiger partial charge in [0.1, 0.15) is 6.10 Å². The van der Waals surface area contributed by atoms with Gasteiger partial charge in [0.05, 0.1) is 12.7 Å². The molecule has 3 nitrogen and oxygen atoms in total. The fourth-order valence-electron chi connectivity index (χ4n) is 1.54. The molecule has 0 fully saturated rings. The summed E-state index contributed by atoms with van der Waals surface area (Å²) in [4.78, 5) is 10.9. The number of rotatable bonds is 4. The van der Waals surface area contributed by atoms with Crippen molar-refractivity contribution < 1.29 is 14.3 Å². The van der Waals surface area contributed by atoms with Crippen LogP contribution in [0.2, 0.25) is 0 Å². The quantitative estimate of drug-likeness (QED) is 0.726. The summed E-state index contributed by atoms with van der Waals surface area (Å²) in [6.07, 6.45) is 2.80.